The van der Waals surface area contributed by atoms with Gasteiger partial charge in [0.1, 0.15) is 17.5 Å². The highest BCUT2D eigenvalue weighted by atomic mass is 35.5. The van der Waals surface area contributed by atoms with Gasteiger partial charge in [0.25, 0.3) is 0 Å². The average Bonchev–Trinajstić information content (AvgIpc) is 3.29. The Morgan fingerprint density at radius 1 is 1.26 bits per heavy atom. The van der Waals surface area contributed by atoms with Crippen molar-refractivity contribution >= 4 is 39.3 Å². The summed E-state index contributed by atoms with van der Waals surface area (Å²) in [4.78, 5) is 30.4. The first kappa shape index (κ1) is 26.3. The molecule has 186 valence electrons. The summed E-state index contributed by atoms with van der Waals surface area (Å²) in [5.41, 5.74) is 1.53. The number of hydrogen-bond acceptors (Lipinski definition) is 6. The third-order valence-corrected chi connectivity index (χ3v) is 7.16. The Bertz CT molecular complexity index is 1270. The molecule has 0 unspecified atom stereocenters. The molecule has 2 aromatic rings. The van der Waals surface area contributed by atoms with Gasteiger partial charge in [-0.15, -0.1) is 0 Å². The van der Waals surface area contributed by atoms with Crippen molar-refractivity contribution in [2.75, 3.05) is 32.6 Å². The number of sulfone groups is 1. The van der Waals surface area contributed by atoms with Crippen LogP contribution in [0, 0.1) is 5.82 Å². The molecule has 0 fully saturated rings. The van der Waals surface area contributed by atoms with Gasteiger partial charge in [-0.1, -0.05) is 41.9 Å². The molecule has 1 heterocycles. The summed E-state index contributed by atoms with van der Waals surface area (Å²) in [6, 6.07) is 10.2. The van der Waals surface area contributed by atoms with Gasteiger partial charge in [0.05, 0.1) is 23.0 Å². The van der Waals surface area contributed by atoms with E-state index >= 15 is 0 Å². The lowest BCUT2D eigenvalue weighted by Crippen LogP contribution is -2.33. The lowest BCUT2D eigenvalue weighted by Gasteiger charge is -2.17. The Balaban J connectivity index is 1.48. The number of carbonyl (C=O) groups excluding carboxylic acids is 1. The van der Waals surface area contributed by atoms with E-state index in [-0.39, 0.29) is 22.4 Å². The number of nitrogens with zero attached hydrogens (tertiary/aromatic N) is 3. The molecule has 0 saturated heterocycles. The Labute approximate surface area is 207 Å². The van der Waals surface area contributed by atoms with E-state index in [1.807, 2.05) is 0 Å². The highest BCUT2D eigenvalue weighted by Crippen LogP contribution is 2.22. The van der Waals surface area contributed by atoms with Crippen molar-refractivity contribution in [3.8, 4) is 0 Å². The molecule has 0 atom stereocenters. The van der Waals surface area contributed by atoms with Crippen molar-refractivity contribution < 1.29 is 27.5 Å². The zero-order chi connectivity index (χ0) is 25.6. The number of nitrogens with one attached hydrogen (secondary N) is 1. The van der Waals surface area contributed by atoms with Gasteiger partial charge in [-0.3, -0.25) is 20.0 Å². The summed E-state index contributed by atoms with van der Waals surface area (Å²) in [7, 11) is -2.14. The van der Waals surface area contributed by atoms with Crippen LogP contribution in [0.2, 0.25) is 5.02 Å². The van der Waals surface area contributed by atoms with Gasteiger partial charge in [0.15, 0.2) is 9.84 Å². The maximum atomic E-state index is 13.1. The molecule has 1 aliphatic heterocycles. The minimum Gasteiger partial charge on any atom is -0.465 e. The van der Waals surface area contributed by atoms with Gasteiger partial charge < -0.3 is 10.0 Å². The molecule has 0 spiro atoms. The summed E-state index contributed by atoms with van der Waals surface area (Å²) in [6.45, 7) is 1.20. The molecule has 1 aliphatic rings. The Kier molecular flexibility index (Phi) is 8.60. The van der Waals surface area contributed by atoms with Crippen molar-refractivity contribution in [1.82, 2.24) is 15.1 Å². The van der Waals surface area contributed by atoms with Crippen LogP contribution in [-0.2, 0) is 21.2 Å². The van der Waals surface area contributed by atoms with Crippen LogP contribution in [-0.4, -0.2) is 73.7 Å². The molecule has 0 saturated carbocycles. The Morgan fingerprint density at radius 3 is 2.63 bits per heavy atom. The lowest BCUT2D eigenvalue weighted by molar-refractivity contribution is -0.125. The fourth-order valence-electron chi connectivity index (χ4n) is 3.36. The number of halogens is 2. The Hall–Kier alpha value is -3.28. The standard InChI is InChI=1S/C23H24ClFN4O5S/c1-28(14-16-4-6-17(7-5-16)22-27-11-12-29(22)23(31)32)21(30)3-2-10-26-15-35(33,34)20-9-8-18(25)13-19(20)24/h2-9,13,26H,10-12,14-15H2,1H3,(H,31,32). The number of amides is 2. The quantitative estimate of drug-likeness (QED) is 0.297. The second kappa shape index (κ2) is 11.4. The van der Waals surface area contributed by atoms with E-state index in [0.717, 1.165) is 23.8 Å². The number of rotatable bonds is 9. The van der Waals surface area contributed by atoms with Crippen molar-refractivity contribution in [1.29, 1.82) is 0 Å². The highest BCUT2D eigenvalue weighted by Gasteiger charge is 2.24. The highest BCUT2D eigenvalue weighted by molar-refractivity contribution is 7.91. The van der Waals surface area contributed by atoms with Gasteiger partial charge in [0.2, 0.25) is 5.91 Å². The molecule has 0 aliphatic carbocycles. The zero-order valence-corrected chi connectivity index (χ0v) is 20.4. The maximum absolute atomic E-state index is 13.1. The van der Waals surface area contributed by atoms with Crippen LogP contribution < -0.4 is 5.32 Å². The van der Waals surface area contributed by atoms with E-state index in [0.29, 0.717) is 31.0 Å². The number of hydrogen-bond donors (Lipinski definition) is 2. The second-order valence-corrected chi connectivity index (χ2v) is 10.1. The topological polar surface area (TPSA) is 119 Å². The third-order valence-electron chi connectivity index (χ3n) is 5.12. The van der Waals surface area contributed by atoms with E-state index in [1.165, 1.54) is 22.0 Å². The zero-order valence-electron chi connectivity index (χ0n) is 18.8. The second-order valence-electron chi connectivity index (χ2n) is 7.72. The van der Waals surface area contributed by atoms with Gasteiger partial charge in [-0.2, -0.15) is 0 Å². The van der Waals surface area contributed by atoms with Crippen molar-refractivity contribution in [3.63, 3.8) is 0 Å². The van der Waals surface area contributed by atoms with Gasteiger partial charge in [0, 0.05) is 31.8 Å². The molecule has 9 nitrogen and oxygen atoms in total. The van der Waals surface area contributed by atoms with E-state index in [2.05, 4.69) is 10.3 Å². The van der Waals surface area contributed by atoms with Crippen LogP contribution in [0.25, 0.3) is 0 Å². The molecule has 0 radical (unpaired) electrons. The first-order valence-electron chi connectivity index (χ1n) is 10.5. The van der Waals surface area contributed by atoms with Crippen LogP contribution in [0.1, 0.15) is 11.1 Å². The van der Waals surface area contributed by atoms with E-state index in [1.54, 1.807) is 31.3 Å². The normalized spacial score (nSPS) is 13.8. The molecule has 2 N–H and O–H groups in total. The monoisotopic (exact) mass is 522 g/mol. The van der Waals surface area contributed by atoms with Crippen LogP contribution in [0.15, 0.2) is 64.5 Å². The molecule has 0 bridgehead atoms. The van der Waals surface area contributed by atoms with Gasteiger partial charge in [-0.05, 0) is 23.8 Å². The Morgan fingerprint density at radius 2 is 1.97 bits per heavy atom. The van der Waals surface area contributed by atoms with E-state index in [4.69, 9.17) is 11.6 Å². The minimum atomic E-state index is -3.77. The number of carbonyl (C=O) groups is 2. The number of aliphatic imine (C=N–C) groups is 1. The minimum absolute atomic E-state index is 0.120. The molecule has 2 amide bonds. The fourth-order valence-corrected chi connectivity index (χ4v) is 5.05. The number of likely N-dealkylation sites (N-methyl/N-ethyl adjacent to an activating group) is 1. The largest absolute Gasteiger partial charge is 0.465 e. The summed E-state index contributed by atoms with van der Waals surface area (Å²) in [5.74, 6) is -0.925. The molecular weight excluding hydrogens is 499 g/mol. The first-order chi connectivity index (χ1) is 16.6. The van der Waals surface area contributed by atoms with Gasteiger partial charge >= 0.3 is 6.09 Å². The number of benzene rings is 2. The van der Waals surface area contributed by atoms with E-state index < -0.39 is 27.6 Å². The predicted octanol–water partition coefficient (Wildman–Crippen LogP) is 2.75. The molecule has 0 aromatic heterocycles. The van der Waals surface area contributed by atoms with Crippen molar-refractivity contribution in [2.24, 2.45) is 4.99 Å². The molecule has 35 heavy (non-hydrogen) atoms. The first-order valence-corrected chi connectivity index (χ1v) is 12.6. The van der Waals surface area contributed by atoms with Crippen LogP contribution >= 0.6 is 11.6 Å². The maximum Gasteiger partial charge on any atom is 0.413 e. The molecule has 3 rings (SSSR count). The van der Waals surface area contributed by atoms with E-state index in [9.17, 15) is 27.5 Å². The summed E-state index contributed by atoms with van der Waals surface area (Å²) >= 11 is 5.81. The third kappa shape index (κ3) is 6.87. The van der Waals surface area contributed by atoms with Crippen LogP contribution in [0.4, 0.5) is 9.18 Å². The summed E-state index contributed by atoms with van der Waals surface area (Å²) in [5, 5.41) is 11.7. The number of carboxylic acid groups (broad SMARTS) is 1. The number of amidine groups is 1. The molecule has 2 aromatic carbocycles. The fraction of sp³-hybridized carbons (Fsp3) is 0.261. The lowest BCUT2D eigenvalue weighted by atomic mass is 10.1. The van der Waals surface area contributed by atoms with Crippen molar-refractivity contribution in [3.05, 3.63) is 76.6 Å². The predicted molar refractivity (Wildman–Crippen MR) is 130 cm³/mol. The molecule has 12 heteroatoms. The average molecular weight is 523 g/mol. The van der Waals surface area contributed by atoms with Crippen molar-refractivity contribution in [2.45, 2.75) is 11.4 Å². The van der Waals surface area contributed by atoms with Crippen LogP contribution in [0.5, 0.6) is 0 Å². The molecular formula is C23H24ClFN4O5S. The summed E-state index contributed by atoms with van der Waals surface area (Å²) < 4.78 is 37.8. The van der Waals surface area contributed by atoms with Gasteiger partial charge in [-0.25, -0.2) is 17.6 Å². The SMILES string of the molecule is CN(Cc1ccc(C2=NCCN2C(=O)O)cc1)C(=O)C=CCNCS(=O)(=O)c1ccc(F)cc1Cl. The van der Waals surface area contributed by atoms with Crippen LogP contribution in [0.3, 0.4) is 0 Å². The summed E-state index contributed by atoms with van der Waals surface area (Å²) in [6.07, 6.45) is 1.79. The smallest absolute Gasteiger partial charge is 0.413 e.